The van der Waals surface area contributed by atoms with Crippen LogP contribution in [0.4, 0.5) is 11.5 Å². The van der Waals surface area contributed by atoms with E-state index in [9.17, 15) is 4.79 Å². The number of aromatic nitrogens is 4. The van der Waals surface area contributed by atoms with E-state index in [4.69, 9.17) is 14.7 Å². The van der Waals surface area contributed by atoms with Gasteiger partial charge in [0.15, 0.2) is 0 Å². The van der Waals surface area contributed by atoms with Gasteiger partial charge in [0.1, 0.15) is 11.6 Å². The lowest BCUT2D eigenvalue weighted by molar-refractivity contribution is -0.132. The minimum Gasteiger partial charge on any atom is -0.481 e. The molecule has 0 unspecified atom stereocenters. The quantitative estimate of drug-likeness (QED) is 0.648. The Labute approximate surface area is 188 Å². The van der Waals surface area contributed by atoms with Crippen molar-refractivity contribution in [1.82, 2.24) is 24.8 Å². The Morgan fingerprint density at radius 1 is 1.19 bits per heavy atom. The van der Waals surface area contributed by atoms with E-state index in [0.717, 1.165) is 41.3 Å². The summed E-state index contributed by atoms with van der Waals surface area (Å²) in [6.45, 7) is 6.25. The molecule has 4 rings (SSSR count). The lowest BCUT2D eigenvalue weighted by atomic mass is 9.92. The van der Waals surface area contributed by atoms with Crippen LogP contribution in [0.15, 0.2) is 42.7 Å². The standard InChI is InChI=1S/C24H28N6O2/c1-15-10-20(11-23(26-15)32-4)27-22-12-21(18-6-5-9-25-13-18)28-24(29-22)19-8-7-16(2)30(14-19)17(3)31/h5-6,9-13,16,19H,7-8,14H2,1-4H3,(H,26,27,28,29)/t16-,19+/m0/s1. The molecule has 0 spiro atoms. The van der Waals surface area contributed by atoms with Crippen LogP contribution in [0.1, 0.15) is 44.1 Å². The molecule has 0 bridgehead atoms. The van der Waals surface area contributed by atoms with E-state index >= 15 is 0 Å². The van der Waals surface area contributed by atoms with Crippen LogP contribution in [0.2, 0.25) is 0 Å². The monoisotopic (exact) mass is 432 g/mol. The van der Waals surface area contributed by atoms with E-state index in [1.807, 2.05) is 42.2 Å². The van der Waals surface area contributed by atoms with Gasteiger partial charge in [0.25, 0.3) is 0 Å². The molecule has 3 aromatic rings. The Hall–Kier alpha value is -3.55. The number of hydrogen-bond acceptors (Lipinski definition) is 7. The fourth-order valence-electron chi connectivity index (χ4n) is 4.09. The average Bonchev–Trinajstić information content (AvgIpc) is 2.79. The van der Waals surface area contributed by atoms with Gasteiger partial charge in [0.05, 0.1) is 12.8 Å². The highest BCUT2D eigenvalue weighted by Crippen LogP contribution is 2.31. The molecule has 8 nitrogen and oxygen atoms in total. The molecule has 1 saturated heterocycles. The molecule has 166 valence electrons. The van der Waals surface area contributed by atoms with Gasteiger partial charge in [-0.3, -0.25) is 9.78 Å². The summed E-state index contributed by atoms with van der Waals surface area (Å²) >= 11 is 0. The highest BCUT2D eigenvalue weighted by Gasteiger charge is 2.30. The minimum atomic E-state index is 0.0704. The van der Waals surface area contributed by atoms with Gasteiger partial charge < -0.3 is 15.0 Å². The molecule has 8 heteroatoms. The predicted octanol–water partition coefficient (Wildman–Crippen LogP) is 4.11. The molecule has 4 heterocycles. The largest absolute Gasteiger partial charge is 0.481 e. The first-order valence-electron chi connectivity index (χ1n) is 10.8. The third-order valence-electron chi connectivity index (χ3n) is 5.76. The Morgan fingerprint density at radius 2 is 2.03 bits per heavy atom. The zero-order chi connectivity index (χ0) is 22.7. The maximum Gasteiger partial charge on any atom is 0.219 e. The Balaban J connectivity index is 1.72. The highest BCUT2D eigenvalue weighted by atomic mass is 16.5. The van der Waals surface area contributed by atoms with Crippen molar-refractivity contribution < 1.29 is 9.53 Å². The number of ether oxygens (including phenoxy) is 1. The molecule has 1 aliphatic rings. The molecule has 32 heavy (non-hydrogen) atoms. The predicted molar refractivity (Wildman–Crippen MR) is 123 cm³/mol. The molecule has 3 aromatic heterocycles. The molecule has 0 aliphatic carbocycles. The Morgan fingerprint density at radius 3 is 2.75 bits per heavy atom. The first kappa shape index (κ1) is 21.7. The van der Waals surface area contributed by atoms with Crippen molar-refractivity contribution in [3.63, 3.8) is 0 Å². The SMILES string of the molecule is COc1cc(Nc2cc(-c3cccnc3)nc([C@@H]3CC[C@H](C)N(C(C)=O)C3)n2)cc(C)n1. The van der Waals surface area contributed by atoms with Gasteiger partial charge in [-0.05, 0) is 44.9 Å². The topological polar surface area (TPSA) is 93.1 Å². The van der Waals surface area contributed by atoms with E-state index in [0.29, 0.717) is 18.2 Å². The number of amides is 1. The number of carbonyl (C=O) groups is 1. The van der Waals surface area contributed by atoms with Crippen LogP contribution in [0.5, 0.6) is 5.88 Å². The van der Waals surface area contributed by atoms with Gasteiger partial charge >= 0.3 is 0 Å². The molecule has 1 N–H and O–H groups in total. The number of anilines is 2. The number of nitrogens with zero attached hydrogens (tertiary/aromatic N) is 5. The van der Waals surface area contributed by atoms with E-state index < -0.39 is 0 Å². The third-order valence-corrected chi connectivity index (χ3v) is 5.76. The molecule has 0 radical (unpaired) electrons. The van der Waals surface area contributed by atoms with Gasteiger partial charge in [-0.1, -0.05) is 0 Å². The van der Waals surface area contributed by atoms with Gasteiger partial charge in [0.2, 0.25) is 11.8 Å². The summed E-state index contributed by atoms with van der Waals surface area (Å²) in [6.07, 6.45) is 5.39. The fourth-order valence-corrected chi connectivity index (χ4v) is 4.09. The average molecular weight is 433 g/mol. The zero-order valence-electron chi connectivity index (χ0n) is 18.9. The van der Waals surface area contributed by atoms with Gasteiger partial charge in [-0.2, -0.15) is 0 Å². The fraction of sp³-hybridized carbons (Fsp3) is 0.375. The number of methoxy groups -OCH3 is 1. The number of pyridine rings is 2. The summed E-state index contributed by atoms with van der Waals surface area (Å²) in [5, 5.41) is 3.38. The van der Waals surface area contributed by atoms with Crippen LogP contribution in [0.25, 0.3) is 11.3 Å². The second-order valence-corrected chi connectivity index (χ2v) is 8.20. The van der Waals surface area contributed by atoms with Crippen molar-refractivity contribution in [3.05, 3.63) is 54.2 Å². The summed E-state index contributed by atoms with van der Waals surface area (Å²) in [6, 6.07) is 9.78. The summed E-state index contributed by atoms with van der Waals surface area (Å²) in [4.78, 5) is 32.3. The summed E-state index contributed by atoms with van der Waals surface area (Å²) < 4.78 is 5.30. The van der Waals surface area contributed by atoms with Crippen LogP contribution in [-0.4, -0.2) is 50.4 Å². The van der Waals surface area contributed by atoms with Crippen molar-refractivity contribution in [2.75, 3.05) is 19.0 Å². The van der Waals surface area contributed by atoms with Crippen molar-refractivity contribution >= 4 is 17.4 Å². The Bertz CT molecular complexity index is 1100. The van der Waals surface area contributed by atoms with Gasteiger partial charge in [0, 0.05) is 66.9 Å². The first-order chi connectivity index (χ1) is 15.4. The zero-order valence-corrected chi connectivity index (χ0v) is 18.9. The maximum atomic E-state index is 12.1. The van der Waals surface area contributed by atoms with Crippen LogP contribution in [0.3, 0.4) is 0 Å². The number of piperidine rings is 1. The lowest BCUT2D eigenvalue weighted by Gasteiger charge is -2.37. The van der Waals surface area contributed by atoms with Crippen LogP contribution >= 0.6 is 0 Å². The van der Waals surface area contributed by atoms with Crippen molar-refractivity contribution in [2.24, 2.45) is 0 Å². The first-order valence-corrected chi connectivity index (χ1v) is 10.8. The maximum absolute atomic E-state index is 12.1. The molecule has 0 saturated carbocycles. The smallest absolute Gasteiger partial charge is 0.219 e. The van der Waals surface area contributed by atoms with Crippen LogP contribution in [-0.2, 0) is 4.79 Å². The molecule has 2 atom stereocenters. The van der Waals surface area contributed by atoms with Crippen LogP contribution in [0, 0.1) is 6.92 Å². The van der Waals surface area contributed by atoms with Crippen molar-refractivity contribution in [1.29, 1.82) is 0 Å². The summed E-state index contributed by atoms with van der Waals surface area (Å²) in [5.41, 5.74) is 3.37. The van der Waals surface area contributed by atoms with Gasteiger partial charge in [-0.25, -0.2) is 15.0 Å². The molecule has 1 aliphatic heterocycles. The molecule has 0 aromatic carbocycles. The van der Waals surface area contributed by atoms with Crippen molar-refractivity contribution in [3.8, 4) is 17.1 Å². The molecule has 1 amide bonds. The molecular formula is C24H28N6O2. The Kier molecular flexibility index (Phi) is 6.30. The summed E-state index contributed by atoms with van der Waals surface area (Å²) in [5.74, 6) is 2.09. The third kappa shape index (κ3) is 4.85. The number of carbonyl (C=O) groups excluding carboxylic acids is 1. The number of nitrogens with one attached hydrogen (secondary N) is 1. The van der Waals surface area contributed by atoms with E-state index in [2.05, 4.69) is 22.2 Å². The molecule has 1 fully saturated rings. The number of hydrogen-bond donors (Lipinski definition) is 1. The van der Waals surface area contributed by atoms with E-state index in [1.165, 1.54) is 0 Å². The van der Waals surface area contributed by atoms with Crippen LogP contribution < -0.4 is 10.1 Å². The second kappa shape index (κ2) is 9.30. The van der Waals surface area contributed by atoms with Gasteiger partial charge in [-0.15, -0.1) is 0 Å². The molecular weight excluding hydrogens is 404 g/mol. The van der Waals surface area contributed by atoms with E-state index in [-0.39, 0.29) is 17.9 Å². The van der Waals surface area contributed by atoms with Crippen molar-refractivity contribution in [2.45, 2.75) is 45.6 Å². The van der Waals surface area contributed by atoms with E-state index in [1.54, 1.807) is 26.4 Å². The normalized spacial score (nSPS) is 18.3. The number of likely N-dealkylation sites (tertiary alicyclic amines) is 1. The highest BCUT2D eigenvalue weighted by molar-refractivity contribution is 5.74. The minimum absolute atomic E-state index is 0.0704. The summed E-state index contributed by atoms with van der Waals surface area (Å²) in [7, 11) is 1.60. The lowest BCUT2D eigenvalue weighted by Crippen LogP contribution is -2.44. The number of rotatable bonds is 5. The number of aryl methyl sites for hydroxylation is 1. The second-order valence-electron chi connectivity index (χ2n) is 8.20.